The van der Waals surface area contributed by atoms with Crippen LogP contribution in [0.5, 0.6) is 0 Å². The van der Waals surface area contributed by atoms with Gasteiger partial charge in [0.25, 0.3) is 0 Å². The Morgan fingerprint density at radius 1 is 1.12 bits per heavy atom. The van der Waals surface area contributed by atoms with E-state index in [0.717, 1.165) is 21.3 Å². The predicted octanol–water partition coefficient (Wildman–Crippen LogP) is 4.32. The largest absolute Gasteiger partial charge is 0.378 e. The molecule has 5 nitrogen and oxygen atoms in total. The van der Waals surface area contributed by atoms with Gasteiger partial charge in [0.1, 0.15) is 0 Å². The highest BCUT2D eigenvalue weighted by Gasteiger charge is 2.07. The lowest BCUT2D eigenvalue weighted by molar-refractivity contribution is 0.871. The Balaban J connectivity index is 1.91. The Hall–Kier alpha value is -2.25. The van der Waals surface area contributed by atoms with E-state index in [4.69, 9.17) is 12.2 Å². The Morgan fingerprint density at radius 2 is 1.79 bits per heavy atom. The molecular weight excluding hydrogens is 386 g/mol. The molecule has 0 fully saturated rings. The molecule has 1 heterocycles. The van der Waals surface area contributed by atoms with Gasteiger partial charge in [-0.15, -0.1) is 0 Å². The first kappa shape index (κ1) is 16.6. The smallest absolute Gasteiger partial charge is 0.216 e. The first-order valence-corrected chi connectivity index (χ1v) is 8.50. The Labute approximate surface area is 153 Å². The summed E-state index contributed by atoms with van der Waals surface area (Å²) in [6.45, 7) is 0. The second kappa shape index (κ2) is 7.11. The van der Waals surface area contributed by atoms with Crippen molar-refractivity contribution in [2.24, 2.45) is 5.10 Å². The van der Waals surface area contributed by atoms with Crippen molar-refractivity contribution in [1.29, 1.82) is 0 Å². The fourth-order valence-corrected chi connectivity index (χ4v) is 2.61. The van der Waals surface area contributed by atoms with Crippen LogP contribution in [0.4, 0.5) is 5.69 Å². The Kier molecular flexibility index (Phi) is 4.92. The molecule has 0 saturated carbocycles. The minimum absolute atomic E-state index is 0.453. The topological polar surface area (TPSA) is 49.2 Å². The minimum Gasteiger partial charge on any atom is -0.378 e. The zero-order valence-corrected chi connectivity index (χ0v) is 15.7. The summed E-state index contributed by atoms with van der Waals surface area (Å²) in [5.74, 6) is 0.675. The van der Waals surface area contributed by atoms with Gasteiger partial charge in [0, 0.05) is 29.8 Å². The number of aromatic amines is 1. The van der Waals surface area contributed by atoms with E-state index in [0.29, 0.717) is 10.6 Å². The maximum atomic E-state index is 5.28. The number of rotatable bonds is 4. The molecule has 0 bridgehead atoms. The third kappa shape index (κ3) is 3.63. The third-order valence-corrected chi connectivity index (χ3v) is 4.28. The number of nitrogens with zero attached hydrogens (tertiary/aromatic N) is 4. The van der Waals surface area contributed by atoms with E-state index < -0.39 is 0 Å². The molecule has 0 aliphatic carbocycles. The molecule has 7 heteroatoms. The van der Waals surface area contributed by atoms with E-state index >= 15 is 0 Å². The lowest BCUT2D eigenvalue weighted by Crippen LogP contribution is -2.08. The van der Waals surface area contributed by atoms with Gasteiger partial charge in [0.15, 0.2) is 5.82 Å². The monoisotopic (exact) mass is 401 g/mol. The highest BCUT2D eigenvalue weighted by atomic mass is 79.9. The summed E-state index contributed by atoms with van der Waals surface area (Å²) >= 11 is 8.71. The number of aromatic nitrogens is 3. The molecule has 0 amide bonds. The zero-order chi connectivity index (χ0) is 17.1. The summed E-state index contributed by atoms with van der Waals surface area (Å²) in [5, 5.41) is 11.5. The highest BCUT2D eigenvalue weighted by Crippen LogP contribution is 2.20. The summed E-state index contributed by atoms with van der Waals surface area (Å²) in [6, 6.07) is 16.0. The molecule has 0 aliphatic rings. The van der Waals surface area contributed by atoms with E-state index in [-0.39, 0.29) is 0 Å². The second-order valence-electron chi connectivity index (χ2n) is 5.40. The maximum absolute atomic E-state index is 5.28. The first-order valence-electron chi connectivity index (χ1n) is 7.30. The lowest BCUT2D eigenvalue weighted by atomic mass is 10.2. The average molecular weight is 402 g/mol. The van der Waals surface area contributed by atoms with Gasteiger partial charge in [-0.05, 0) is 42.0 Å². The molecule has 0 radical (unpaired) electrons. The number of hydrogen-bond acceptors (Lipinski definition) is 4. The molecule has 3 aromatic rings. The van der Waals surface area contributed by atoms with Gasteiger partial charge >= 0.3 is 0 Å². The maximum Gasteiger partial charge on any atom is 0.216 e. The van der Waals surface area contributed by atoms with Crippen molar-refractivity contribution in [3.05, 3.63) is 63.3 Å². The fourth-order valence-electron chi connectivity index (χ4n) is 2.17. The molecule has 0 saturated heterocycles. The molecule has 0 atom stereocenters. The number of nitrogens with one attached hydrogen (secondary N) is 1. The van der Waals surface area contributed by atoms with Gasteiger partial charge in [-0.2, -0.15) is 14.9 Å². The van der Waals surface area contributed by atoms with Crippen LogP contribution in [0.1, 0.15) is 5.56 Å². The highest BCUT2D eigenvalue weighted by molar-refractivity contribution is 9.10. The van der Waals surface area contributed by atoms with E-state index in [1.54, 1.807) is 10.9 Å². The molecule has 0 aliphatic heterocycles. The zero-order valence-electron chi connectivity index (χ0n) is 13.3. The summed E-state index contributed by atoms with van der Waals surface area (Å²) in [5.41, 5.74) is 3.07. The van der Waals surface area contributed by atoms with Crippen molar-refractivity contribution in [3.63, 3.8) is 0 Å². The number of anilines is 1. The first-order chi connectivity index (χ1) is 11.5. The molecular formula is C17H16BrN5S. The molecule has 0 spiro atoms. The molecule has 122 valence electrons. The number of H-pyrrole nitrogens is 1. The number of benzene rings is 2. The van der Waals surface area contributed by atoms with Gasteiger partial charge < -0.3 is 4.90 Å². The summed E-state index contributed by atoms with van der Waals surface area (Å²) in [4.78, 5) is 2.05. The van der Waals surface area contributed by atoms with Crippen LogP contribution in [0.2, 0.25) is 0 Å². The van der Waals surface area contributed by atoms with Crippen LogP contribution in [0.3, 0.4) is 0 Å². The van der Waals surface area contributed by atoms with Crippen LogP contribution >= 0.6 is 28.1 Å². The van der Waals surface area contributed by atoms with Crippen molar-refractivity contribution < 1.29 is 0 Å². The summed E-state index contributed by atoms with van der Waals surface area (Å²) in [6.07, 6.45) is 1.77. The van der Waals surface area contributed by atoms with Crippen molar-refractivity contribution in [2.45, 2.75) is 0 Å². The van der Waals surface area contributed by atoms with Crippen LogP contribution in [0.15, 0.2) is 58.1 Å². The van der Waals surface area contributed by atoms with Gasteiger partial charge in [0.05, 0.1) is 6.21 Å². The molecule has 24 heavy (non-hydrogen) atoms. The third-order valence-electron chi connectivity index (χ3n) is 3.48. The van der Waals surface area contributed by atoms with Gasteiger partial charge in [-0.25, -0.2) is 5.10 Å². The summed E-state index contributed by atoms with van der Waals surface area (Å²) in [7, 11) is 4.02. The fraction of sp³-hybridized carbons (Fsp3) is 0.118. The number of halogens is 1. The van der Waals surface area contributed by atoms with Gasteiger partial charge in [-0.1, -0.05) is 40.2 Å². The van der Waals surface area contributed by atoms with Crippen molar-refractivity contribution >= 4 is 40.0 Å². The van der Waals surface area contributed by atoms with Crippen LogP contribution in [-0.4, -0.2) is 35.2 Å². The van der Waals surface area contributed by atoms with Crippen LogP contribution in [0, 0.1) is 4.77 Å². The lowest BCUT2D eigenvalue weighted by Gasteiger charge is -2.11. The standard InChI is InChI=1S/C17H16BrN5S/c1-22(2)15-9-3-12(4-10-15)11-19-23-16(20-21-17(23)24)13-5-7-14(18)8-6-13/h3-11H,1-2H3,(H,21,24)/b19-11-. The van der Waals surface area contributed by atoms with Gasteiger partial charge in [0.2, 0.25) is 4.77 Å². The van der Waals surface area contributed by atoms with Gasteiger partial charge in [-0.3, -0.25) is 0 Å². The van der Waals surface area contributed by atoms with Crippen molar-refractivity contribution in [2.75, 3.05) is 19.0 Å². The van der Waals surface area contributed by atoms with E-state index in [2.05, 4.69) is 36.1 Å². The average Bonchev–Trinajstić information content (AvgIpc) is 2.95. The Morgan fingerprint density at radius 3 is 2.42 bits per heavy atom. The molecule has 1 aromatic heterocycles. The Bertz CT molecular complexity index is 907. The molecule has 1 N–H and O–H groups in total. The van der Waals surface area contributed by atoms with Crippen LogP contribution in [0.25, 0.3) is 11.4 Å². The molecule has 0 unspecified atom stereocenters. The van der Waals surface area contributed by atoms with E-state index in [1.807, 2.05) is 62.6 Å². The second-order valence-corrected chi connectivity index (χ2v) is 6.70. The quantitative estimate of drug-likeness (QED) is 0.523. The van der Waals surface area contributed by atoms with Crippen molar-refractivity contribution in [1.82, 2.24) is 14.9 Å². The predicted molar refractivity (Wildman–Crippen MR) is 104 cm³/mol. The normalized spacial score (nSPS) is 11.1. The number of hydrogen-bond donors (Lipinski definition) is 1. The van der Waals surface area contributed by atoms with Crippen molar-refractivity contribution in [3.8, 4) is 11.4 Å². The van der Waals surface area contributed by atoms with E-state index in [1.165, 1.54) is 0 Å². The molecule has 3 rings (SSSR count). The van der Waals surface area contributed by atoms with E-state index in [9.17, 15) is 0 Å². The van der Waals surface area contributed by atoms with Crippen LogP contribution < -0.4 is 4.90 Å². The minimum atomic E-state index is 0.453. The molecule has 2 aromatic carbocycles. The van der Waals surface area contributed by atoms with Crippen LogP contribution in [-0.2, 0) is 0 Å². The SMILES string of the molecule is CN(C)c1ccc(/C=N\n2c(-c3ccc(Br)cc3)n[nH]c2=S)cc1. The summed E-state index contributed by atoms with van der Waals surface area (Å²) < 4.78 is 3.09.